The molecule has 0 fully saturated rings. The Kier molecular flexibility index (Phi) is 4.59. The molecule has 0 unspecified atom stereocenters. The zero-order chi connectivity index (χ0) is 11.3. The van der Waals surface area contributed by atoms with Crippen LogP contribution in [0.5, 0.6) is 0 Å². The zero-order valence-electron chi connectivity index (χ0n) is 8.79. The van der Waals surface area contributed by atoms with Crippen LogP contribution in [-0.4, -0.2) is 18.6 Å². The molecule has 1 N–H and O–H groups in total. The third-order valence-corrected chi connectivity index (χ3v) is 2.25. The van der Waals surface area contributed by atoms with Gasteiger partial charge in [-0.05, 0) is 26.0 Å². The molecule has 0 aliphatic rings. The number of carbonyl (C=O) groups excluding carboxylic acids is 1. The van der Waals surface area contributed by atoms with Crippen molar-refractivity contribution in [3.8, 4) is 0 Å². The fourth-order valence-corrected chi connectivity index (χ4v) is 1.31. The number of rotatable bonds is 4. The number of amides is 1. The number of para-hydroxylation sites is 1. The maximum atomic E-state index is 11.6. The van der Waals surface area contributed by atoms with E-state index in [1.807, 2.05) is 19.1 Å². The van der Waals surface area contributed by atoms with Crippen molar-refractivity contribution < 1.29 is 9.53 Å². The normalized spacial score (nSPS) is 12.2. The van der Waals surface area contributed by atoms with Crippen LogP contribution in [0.2, 0.25) is 5.02 Å². The van der Waals surface area contributed by atoms with Crippen LogP contribution in [0.1, 0.15) is 13.8 Å². The summed E-state index contributed by atoms with van der Waals surface area (Å²) >= 11 is 5.89. The van der Waals surface area contributed by atoms with E-state index < -0.39 is 6.10 Å². The summed E-state index contributed by atoms with van der Waals surface area (Å²) in [6.45, 7) is 4.06. The molecule has 1 atom stereocenters. The molecule has 0 aromatic heterocycles. The molecule has 1 aromatic rings. The maximum absolute atomic E-state index is 11.6. The first kappa shape index (κ1) is 12.0. The predicted octanol–water partition coefficient (Wildman–Crippen LogP) is 2.70. The topological polar surface area (TPSA) is 38.3 Å². The van der Waals surface area contributed by atoms with Crippen LogP contribution < -0.4 is 5.32 Å². The van der Waals surface area contributed by atoms with E-state index in [-0.39, 0.29) is 5.91 Å². The Labute approximate surface area is 94.4 Å². The molecule has 4 heteroatoms. The van der Waals surface area contributed by atoms with Crippen molar-refractivity contribution in [2.45, 2.75) is 20.0 Å². The van der Waals surface area contributed by atoms with Gasteiger partial charge in [0.15, 0.2) is 0 Å². The van der Waals surface area contributed by atoms with Gasteiger partial charge in [0, 0.05) is 6.61 Å². The van der Waals surface area contributed by atoms with Gasteiger partial charge < -0.3 is 10.1 Å². The lowest BCUT2D eigenvalue weighted by molar-refractivity contribution is -0.126. The minimum absolute atomic E-state index is 0.190. The lowest BCUT2D eigenvalue weighted by Crippen LogP contribution is -2.27. The second-order valence-corrected chi connectivity index (χ2v) is 3.47. The van der Waals surface area contributed by atoms with Crippen molar-refractivity contribution in [2.75, 3.05) is 11.9 Å². The molecule has 1 amide bonds. The molecule has 0 aliphatic carbocycles. The third kappa shape index (κ3) is 3.53. The van der Waals surface area contributed by atoms with Crippen molar-refractivity contribution in [3.05, 3.63) is 29.3 Å². The fraction of sp³-hybridized carbons (Fsp3) is 0.364. The van der Waals surface area contributed by atoms with Crippen molar-refractivity contribution in [1.29, 1.82) is 0 Å². The number of hydrogen-bond donors (Lipinski definition) is 1. The van der Waals surface area contributed by atoms with Crippen LogP contribution in [0.25, 0.3) is 0 Å². The number of benzene rings is 1. The highest BCUT2D eigenvalue weighted by Gasteiger charge is 2.13. The quantitative estimate of drug-likeness (QED) is 0.859. The van der Waals surface area contributed by atoms with Gasteiger partial charge in [0.05, 0.1) is 10.7 Å². The fourth-order valence-electron chi connectivity index (χ4n) is 1.12. The van der Waals surface area contributed by atoms with E-state index in [4.69, 9.17) is 16.3 Å². The van der Waals surface area contributed by atoms with Gasteiger partial charge in [-0.1, -0.05) is 23.7 Å². The van der Waals surface area contributed by atoms with Gasteiger partial charge in [-0.3, -0.25) is 4.79 Å². The highest BCUT2D eigenvalue weighted by Crippen LogP contribution is 2.20. The van der Waals surface area contributed by atoms with Gasteiger partial charge in [0.1, 0.15) is 6.10 Å². The molecule has 0 saturated carbocycles. The maximum Gasteiger partial charge on any atom is 0.253 e. The first-order valence-electron chi connectivity index (χ1n) is 4.82. The summed E-state index contributed by atoms with van der Waals surface area (Å²) in [4.78, 5) is 11.6. The van der Waals surface area contributed by atoms with E-state index in [1.54, 1.807) is 19.1 Å². The molecule has 0 radical (unpaired) electrons. The van der Waals surface area contributed by atoms with E-state index in [2.05, 4.69) is 5.32 Å². The zero-order valence-corrected chi connectivity index (χ0v) is 9.54. The summed E-state index contributed by atoms with van der Waals surface area (Å²) in [5.41, 5.74) is 0.607. The van der Waals surface area contributed by atoms with Crippen LogP contribution in [0, 0.1) is 0 Å². The summed E-state index contributed by atoms with van der Waals surface area (Å²) in [6, 6.07) is 7.10. The van der Waals surface area contributed by atoms with Crippen LogP contribution in [0.4, 0.5) is 5.69 Å². The average molecular weight is 228 g/mol. The van der Waals surface area contributed by atoms with E-state index >= 15 is 0 Å². The Bertz CT molecular complexity index is 341. The van der Waals surface area contributed by atoms with Crippen LogP contribution in [-0.2, 0) is 9.53 Å². The first-order chi connectivity index (χ1) is 7.15. The van der Waals surface area contributed by atoms with Gasteiger partial charge in [-0.15, -0.1) is 0 Å². The molecule has 82 valence electrons. The number of nitrogens with one attached hydrogen (secondary N) is 1. The van der Waals surface area contributed by atoms with Crippen LogP contribution in [0.15, 0.2) is 24.3 Å². The number of halogens is 1. The molecule has 0 spiro atoms. The lowest BCUT2D eigenvalue weighted by Gasteiger charge is -2.12. The Hall–Kier alpha value is -1.06. The standard InChI is InChI=1S/C11H14ClNO2/c1-3-15-8(2)11(14)13-10-7-5-4-6-9(10)12/h4-8H,3H2,1-2H3,(H,13,14)/t8-/m0/s1. The highest BCUT2D eigenvalue weighted by molar-refractivity contribution is 6.33. The van der Waals surface area contributed by atoms with Gasteiger partial charge in [-0.25, -0.2) is 0 Å². The Morgan fingerprint density at radius 3 is 2.80 bits per heavy atom. The SMILES string of the molecule is CCO[C@@H](C)C(=O)Nc1ccccc1Cl. The molecule has 0 bridgehead atoms. The number of carbonyl (C=O) groups is 1. The summed E-state index contributed by atoms with van der Waals surface area (Å²) < 4.78 is 5.16. The predicted molar refractivity (Wildman–Crippen MR) is 61.2 cm³/mol. The van der Waals surface area contributed by atoms with E-state index in [9.17, 15) is 4.79 Å². The minimum atomic E-state index is -0.466. The molecule has 1 rings (SSSR count). The second-order valence-electron chi connectivity index (χ2n) is 3.07. The van der Waals surface area contributed by atoms with Gasteiger partial charge in [0.2, 0.25) is 0 Å². The molecule has 3 nitrogen and oxygen atoms in total. The van der Waals surface area contributed by atoms with Crippen molar-refractivity contribution in [1.82, 2.24) is 0 Å². The Morgan fingerprint density at radius 1 is 1.53 bits per heavy atom. The Balaban J connectivity index is 2.62. The summed E-state index contributed by atoms with van der Waals surface area (Å²) in [5, 5.41) is 3.22. The number of anilines is 1. The molecular formula is C11H14ClNO2. The van der Waals surface area contributed by atoms with E-state index in [0.717, 1.165) is 0 Å². The smallest absolute Gasteiger partial charge is 0.253 e. The van der Waals surface area contributed by atoms with Gasteiger partial charge in [-0.2, -0.15) is 0 Å². The molecular weight excluding hydrogens is 214 g/mol. The van der Waals surface area contributed by atoms with Crippen molar-refractivity contribution >= 4 is 23.2 Å². The second kappa shape index (κ2) is 5.73. The van der Waals surface area contributed by atoms with Crippen LogP contribution >= 0.6 is 11.6 Å². The van der Waals surface area contributed by atoms with Gasteiger partial charge in [0.25, 0.3) is 5.91 Å². The summed E-state index contributed by atoms with van der Waals surface area (Å²) in [5.74, 6) is -0.190. The number of ether oxygens (including phenoxy) is 1. The third-order valence-electron chi connectivity index (χ3n) is 1.92. The lowest BCUT2D eigenvalue weighted by atomic mass is 10.3. The van der Waals surface area contributed by atoms with Gasteiger partial charge >= 0.3 is 0 Å². The molecule has 15 heavy (non-hydrogen) atoms. The molecule has 0 aliphatic heterocycles. The molecule has 0 saturated heterocycles. The summed E-state index contributed by atoms with van der Waals surface area (Å²) in [7, 11) is 0. The number of hydrogen-bond acceptors (Lipinski definition) is 2. The minimum Gasteiger partial charge on any atom is -0.369 e. The largest absolute Gasteiger partial charge is 0.369 e. The Morgan fingerprint density at radius 2 is 2.20 bits per heavy atom. The van der Waals surface area contributed by atoms with E-state index in [1.165, 1.54) is 0 Å². The van der Waals surface area contributed by atoms with Crippen LogP contribution in [0.3, 0.4) is 0 Å². The monoisotopic (exact) mass is 227 g/mol. The highest BCUT2D eigenvalue weighted by atomic mass is 35.5. The first-order valence-corrected chi connectivity index (χ1v) is 5.20. The van der Waals surface area contributed by atoms with Crippen molar-refractivity contribution in [2.24, 2.45) is 0 Å². The van der Waals surface area contributed by atoms with E-state index in [0.29, 0.717) is 17.3 Å². The average Bonchev–Trinajstić information content (AvgIpc) is 2.21. The molecule has 0 heterocycles. The molecule has 1 aromatic carbocycles. The van der Waals surface area contributed by atoms with Crippen molar-refractivity contribution in [3.63, 3.8) is 0 Å². The summed E-state index contributed by atoms with van der Waals surface area (Å²) in [6.07, 6.45) is -0.466.